The molecule has 3 rings (SSSR count). The number of aryl methyl sites for hydroxylation is 1. The molecule has 0 saturated carbocycles. The van der Waals surface area contributed by atoms with Gasteiger partial charge in [-0.25, -0.2) is 4.79 Å². The van der Waals surface area contributed by atoms with Gasteiger partial charge >= 0.3 is 5.97 Å². The number of benzene rings is 2. The van der Waals surface area contributed by atoms with Crippen LogP contribution in [-0.4, -0.2) is 18.7 Å². The van der Waals surface area contributed by atoms with Crippen LogP contribution >= 0.6 is 0 Å². The molecule has 0 amide bonds. The summed E-state index contributed by atoms with van der Waals surface area (Å²) < 4.78 is 16.6. The third kappa shape index (κ3) is 3.77. The molecule has 0 fully saturated rings. The average molecular weight is 352 g/mol. The fourth-order valence-corrected chi connectivity index (χ4v) is 2.63. The van der Waals surface area contributed by atoms with Crippen molar-refractivity contribution in [3.8, 4) is 17.1 Å². The van der Waals surface area contributed by atoms with Crippen LogP contribution in [0.25, 0.3) is 22.3 Å². The second-order valence-corrected chi connectivity index (χ2v) is 6.28. The van der Waals surface area contributed by atoms with Crippen molar-refractivity contribution in [2.24, 2.45) is 0 Å². The van der Waals surface area contributed by atoms with Gasteiger partial charge in [0.1, 0.15) is 5.58 Å². The zero-order valence-electron chi connectivity index (χ0n) is 14.9. The van der Waals surface area contributed by atoms with Crippen LogP contribution in [0.4, 0.5) is 0 Å². The van der Waals surface area contributed by atoms with Crippen LogP contribution in [-0.2, 0) is 9.53 Å². The van der Waals surface area contributed by atoms with Crippen molar-refractivity contribution >= 4 is 16.9 Å². The van der Waals surface area contributed by atoms with Crippen molar-refractivity contribution in [1.82, 2.24) is 0 Å². The minimum Gasteiger partial charge on any atom is -0.474 e. The zero-order valence-corrected chi connectivity index (χ0v) is 14.9. The first-order valence-corrected chi connectivity index (χ1v) is 8.41. The number of hydrogen-bond acceptors (Lipinski definition) is 5. The molecular weight excluding hydrogens is 332 g/mol. The number of hydrogen-bond donors (Lipinski definition) is 0. The van der Waals surface area contributed by atoms with Crippen molar-refractivity contribution < 1.29 is 18.7 Å². The van der Waals surface area contributed by atoms with Crippen LogP contribution in [0.3, 0.4) is 0 Å². The van der Waals surface area contributed by atoms with Gasteiger partial charge in [-0.15, -0.1) is 0 Å². The number of ether oxygens (including phenoxy) is 2. The van der Waals surface area contributed by atoms with Crippen molar-refractivity contribution in [1.29, 1.82) is 0 Å². The highest BCUT2D eigenvalue weighted by atomic mass is 16.6. The molecule has 0 atom stereocenters. The second-order valence-electron chi connectivity index (χ2n) is 6.28. The van der Waals surface area contributed by atoms with Gasteiger partial charge in [-0.2, -0.15) is 0 Å². The number of carbonyl (C=O) groups is 1. The lowest BCUT2D eigenvalue weighted by Gasteiger charge is -2.12. The first-order chi connectivity index (χ1) is 12.5. The van der Waals surface area contributed by atoms with Gasteiger partial charge in [0.2, 0.25) is 11.2 Å². The van der Waals surface area contributed by atoms with Crippen molar-refractivity contribution in [3.05, 3.63) is 64.3 Å². The monoisotopic (exact) mass is 352 g/mol. The first kappa shape index (κ1) is 17.7. The number of carbonyl (C=O) groups excluding carboxylic acids is 1. The summed E-state index contributed by atoms with van der Waals surface area (Å²) in [4.78, 5) is 24.8. The Morgan fingerprint density at radius 2 is 1.85 bits per heavy atom. The van der Waals surface area contributed by atoms with Crippen LogP contribution in [0.5, 0.6) is 5.75 Å². The molecule has 5 nitrogen and oxygen atoms in total. The maximum Gasteiger partial charge on any atom is 0.344 e. The Morgan fingerprint density at radius 1 is 1.12 bits per heavy atom. The summed E-state index contributed by atoms with van der Waals surface area (Å²) in [6.45, 7) is 5.03. The molecule has 0 saturated heterocycles. The molecule has 0 N–H and O–H groups in total. The molecule has 134 valence electrons. The molecule has 0 aliphatic rings. The van der Waals surface area contributed by atoms with E-state index < -0.39 is 5.97 Å². The number of fused-ring (bicyclic) bond motifs is 1. The highest BCUT2D eigenvalue weighted by molar-refractivity contribution is 5.83. The predicted octanol–water partition coefficient (Wildman–Crippen LogP) is 4.10. The lowest BCUT2D eigenvalue weighted by atomic mass is 10.1. The van der Waals surface area contributed by atoms with Crippen molar-refractivity contribution in [3.63, 3.8) is 0 Å². The average Bonchev–Trinajstić information content (AvgIpc) is 2.61. The molecule has 5 heteroatoms. The van der Waals surface area contributed by atoms with Gasteiger partial charge in [0, 0.05) is 5.56 Å². The molecule has 0 aliphatic carbocycles. The third-order valence-corrected chi connectivity index (χ3v) is 3.74. The van der Waals surface area contributed by atoms with E-state index in [2.05, 4.69) is 0 Å². The fraction of sp³-hybridized carbons (Fsp3) is 0.238. The molecule has 1 heterocycles. The SMILES string of the molecule is Cc1ccc2oc(-c3ccccc3)c(OCC(=O)OC(C)C)c(=O)c2c1. The summed E-state index contributed by atoms with van der Waals surface area (Å²) in [5, 5.41) is 0.414. The Balaban J connectivity index is 2.10. The largest absolute Gasteiger partial charge is 0.474 e. The van der Waals surface area contributed by atoms with Crippen LogP contribution in [0.2, 0.25) is 0 Å². The summed E-state index contributed by atoms with van der Waals surface area (Å²) in [7, 11) is 0. The molecule has 1 aromatic heterocycles. The molecule has 0 spiro atoms. The van der Waals surface area contributed by atoms with E-state index in [0.29, 0.717) is 22.3 Å². The van der Waals surface area contributed by atoms with Gasteiger partial charge in [0.05, 0.1) is 11.5 Å². The van der Waals surface area contributed by atoms with E-state index in [9.17, 15) is 9.59 Å². The van der Waals surface area contributed by atoms with E-state index in [-0.39, 0.29) is 23.9 Å². The van der Waals surface area contributed by atoms with Crippen molar-refractivity contribution in [2.45, 2.75) is 26.9 Å². The fourth-order valence-electron chi connectivity index (χ4n) is 2.63. The Bertz CT molecular complexity index is 986. The highest BCUT2D eigenvalue weighted by Gasteiger charge is 2.19. The van der Waals surface area contributed by atoms with Gasteiger partial charge in [-0.3, -0.25) is 4.79 Å². The molecule has 2 aromatic carbocycles. The minimum atomic E-state index is -0.539. The Morgan fingerprint density at radius 3 is 2.54 bits per heavy atom. The van der Waals surface area contributed by atoms with E-state index in [1.807, 2.05) is 43.3 Å². The Labute approximate surface area is 151 Å². The topological polar surface area (TPSA) is 65.7 Å². The number of esters is 1. The van der Waals surface area contributed by atoms with E-state index in [0.717, 1.165) is 5.56 Å². The first-order valence-electron chi connectivity index (χ1n) is 8.41. The van der Waals surface area contributed by atoms with Gasteiger partial charge in [-0.1, -0.05) is 42.0 Å². The van der Waals surface area contributed by atoms with Gasteiger partial charge in [-0.05, 0) is 32.9 Å². The van der Waals surface area contributed by atoms with Crippen LogP contribution in [0.1, 0.15) is 19.4 Å². The van der Waals surface area contributed by atoms with Gasteiger partial charge < -0.3 is 13.9 Å². The lowest BCUT2D eigenvalue weighted by Crippen LogP contribution is -2.21. The zero-order chi connectivity index (χ0) is 18.7. The molecule has 0 unspecified atom stereocenters. The van der Waals surface area contributed by atoms with Crippen LogP contribution < -0.4 is 10.2 Å². The smallest absolute Gasteiger partial charge is 0.344 e. The van der Waals surface area contributed by atoms with Gasteiger partial charge in [0.25, 0.3) is 0 Å². The maximum absolute atomic E-state index is 13.0. The summed E-state index contributed by atoms with van der Waals surface area (Å²) in [6.07, 6.45) is -0.254. The van der Waals surface area contributed by atoms with E-state index in [1.165, 1.54) is 0 Å². The quantitative estimate of drug-likeness (QED) is 0.647. The summed E-state index contributed by atoms with van der Waals surface area (Å²) in [5.41, 5.74) is 1.78. The van der Waals surface area contributed by atoms with Crippen molar-refractivity contribution in [2.75, 3.05) is 6.61 Å². The van der Waals surface area contributed by atoms with E-state index in [1.54, 1.807) is 26.0 Å². The summed E-state index contributed by atoms with van der Waals surface area (Å²) in [6, 6.07) is 14.6. The van der Waals surface area contributed by atoms with Gasteiger partial charge in [0.15, 0.2) is 12.4 Å². The molecule has 0 bridgehead atoms. The Kier molecular flexibility index (Phi) is 5.07. The lowest BCUT2D eigenvalue weighted by molar-refractivity contribution is -0.149. The highest BCUT2D eigenvalue weighted by Crippen LogP contribution is 2.31. The second kappa shape index (κ2) is 7.44. The van der Waals surface area contributed by atoms with E-state index in [4.69, 9.17) is 13.9 Å². The Hall–Kier alpha value is -3.08. The predicted molar refractivity (Wildman–Crippen MR) is 99.4 cm³/mol. The minimum absolute atomic E-state index is 0.00926. The summed E-state index contributed by atoms with van der Waals surface area (Å²) in [5.74, 6) is -0.234. The van der Waals surface area contributed by atoms with Crippen LogP contribution in [0.15, 0.2) is 57.7 Å². The molecular formula is C21H20O5. The number of rotatable bonds is 5. The molecule has 0 aliphatic heterocycles. The van der Waals surface area contributed by atoms with Crippen LogP contribution in [0, 0.1) is 6.92 Å². The maximum atomic E-state index is 13.0. The normalized spacial score (nSPS) is 10.9. The standard InChI is InChI=1S/C21H20O5/c1-13(2)25-18(22)12-24-21-19(23)16-11-14(3)9-10-17(16)26-20(21)15-7-5-4-6-8-15/h4-11,13H,12H2,1-3H3. The molecule has 3 aromatic rings. The van der Waals surface area contributed by atoms with E-state index >= 15 is 0 Å². The summed E-state index contributed by atoms with van der Waals surface area (Å²) >= 11 is 0. The molecule has 0 radical (unpaired) electrons. The third-order valence-electron chi connectivity index (χ3n) is 3.74. The molecule has 26 heavy (non-hydrogen) atoms.